The summed E-state index contributed by atoms with van der Waals surface area (Å²) in [5.74, 6) is 0. The Morgan fingerprint density at radius 2 is 1.29 bits per heavy atom. The van der Waals surface area contributed by atoms with Crippen molar-refractivity contribution in [2.75, 3.05) is 4.90 Å². The molecule has 0 N–H and O–H groups in total. The first-order chi connectivity index (χ1) is 20.3. The summed E-state index contributed by atoms with van der Waals surface area (Å²) in [4.78, 5) is 6.67. The fraction of sp³-hybridized carbons (Fsp3) is 0.0513. The highest BCUT2D eigenvalue weighted by molar-refractivity contribution is 6.18. The molecule has 0 fully saturated rings. The van der Waals surface area contributed by atoms with Crippen LogP contribution >= 0.6 is 0 Å². The normalized spacial score (nSPS) is 13.2. The van der Waals surface area contributed by atoms with Crippen molar-refractivity contribution in [1.82, 2.24) is 4.98 Å². The number of aromatic nitrogens is 1. The van der Waals surface area contributed by atoms with Gasteiger partial charge in [-0.3, -0.25) is 4.98 Å². The average Bonchev–Trinajstić information content (AvgIpc) is 3.38. The van der Waals surface area contributed by atoms with Crippen molar-refractivity contribution in [3.63, 3.8) is 0 Å². The third-order valence-corrected chi connectivity index (χ3v) is 8.32. The van der Waals surface area contributed by atoms with Crippen LogP contribution in [-0.4, -0.2) is 4.98 Å². The molecular formula is C39H28N2. The maximum atomic E-state index is 4.30. The Hall–Kier alpha value is -5.21. The van der Waals surface area contributed by atoms with Crippen LogP contribution in [0.3, 0.4) is 0 Å². The lowest BCUT2D eigenvalue weighted by Gasteiger charge is -2.28. The SMILES string of the molecule is C1=CC(N(c2ccc(-c3cccnc3)cc2)c2cccc(-c3ccc4c5c(cccc35)-c3ccccc3-4)c2)=CCC1. The summed E-state index contributed by atoms with van der Waals surface area (Å²) in [5.41, 5.74) is 13.6. The molecule has 8 rings (SSSR count). The summed E-state index contributed by atoms with van der Waals surface area (Å²) in [6.45, 7) is 0. The molecule has 5 aromatic carbocycles. The van der Waals surface area contributed by atoms with Gasteiger partial charge in [0.1, 0.15) is 0 Å². The number of hydrogen-bond donors (Lipinski definition) is 0. The number of fused-ring (bicyclic) bond motifs is 3. The zero-order chi connectivity index (χ0) is 27.2. The molecule has 194 valence electrons. The summed E-state index contributed by atoms with van der Waals surface area (Å²) in [7, 11) is 0. The van der Waals surface area contributed by atoms with E-state index in [4.69, 9.17) is 0 Å². The molecule has 2 nitrogen and oxygen atoms in total. The van der Waals surface area contributed by atoms with Gasteiger partial charge >= 0.3 is 0 Å². The van der Waals surface area contributed by atoms with E-state index in [1.54, 1.807) is 0 Å². The van der Waals surface area contributed by atoms with Gasteiger partial charge < -0.3 is 4.90 Å². The Morgan fingerprint density at radius 1 is 0.537 bits per heavy atom. The van der Waals surface area contributed by atoms with E-state index in [1.165, 1.54) is 49.9 Å². The van der Waals surface area contributed by atoms with Crippen molar-refractivity contribution < 1.29 is 0 Å². The van der Waals surface area contributed by atoms with E-state index in [2.05, 4.69) is 137 Å². The zero-order valence-electron chi connectivity index (χ0n) is 22.7. The highest BCUT2D eigenvalue weighted by atomic mass is 15.1. The van der Waals surface area contributed by atoms with Crippen LogP contribution in [0, 0.1) is 0 Å². The molecule has 0 amide bonds. The molecule has 0 bridgehead atoms. The fourth-order valence-electron chi connectivity index (χ4n) is 6.42. The van der Waals surface area contributed by atoms with E-state index in [0.29, 0.717) is 0 Å². The van der Waals surface area contributed by atoms with Crippen molar-refractivity contribution in [2.45, 2.75) is 12.8 Å². The highest BCUT2D eigenvalue weighted by Crippen LogP contribution is 2.49. The van der Waals surface area contributed by atoms with E-state index in [9.17, 15) is 0 Å². The second kappa shape index (κ2) is 9.76. The molecule has 0 spiro atoms. The number of allylic oxidation sites excluding steroid dienone is 3. The molecule has 41 heavy (non-hydrogen) atoms. The number of hydrogen-bond acceptors (Lipinski definition) is 2. The Labute approximate surface area is 240 Å². The van der Waals surface area contributed by atoms with E-state index in [-0.39, 0.29) is 0 Å². The van der Waals surface area contributed by atoms with Crippen molar-refractivity contribution in [3.8, 4) is 44.5 Å². The monoisotopic (exact) mass is 524 g/mol. The van der Waals surface area contributed by atoms with Gasteiger partial charge in [-0.2, -0.15) is 0 Å². The first-order valence-corrected chi connectivity index (χ1v) is 14.3. The summed E-state index contributed by atoms with van der Waals surface area (Å²) in [5, 5.41) is 2.66. The van der Waals surface area contributed by atoms with E-state index in [1.807, 2.05) is 18.5 Å². The largest absolute Gasteiger partial charge is 0.311 e. The van der Waals surface area contributed by atoms with Crippen LogP contribution < -0.4 is 4.90 Å². The molecule has 1 aromatic heterocycles. The quantitative estimate of drug-likeness (QED) is 0.223. The molecule has 2 aliphatic carbocycles. The van der Waals surface area contributed by atoms with Gasteiger partial charge in [0, 0.05) is 29.5 Å². The minimum atomic E-state index is 1.05. The van der Waals surface area contributed by atoms with E-state index < -0.39 is 0 Å². The van der Waals surface area contributed by atoms with Crippen LogP contribution in [0.15, 0.2) is 152 Å². The molecule has 2 heteroatoms. The molecule has 0 atom stereocenters. The molecular weight excluding hydrogens is 496 g/mol. The smallest absolute Gasteiger partial charge is 0.0467 e. The summed E-state index contributed by atoms with van der Waals surface area (Å²) in [6.07, 6.45) is 12.7. The third-order valence-electron chi connectivity index (χ3n) is 8.32. The van der Waals surface area contributed by atoms with Gasteiger partial charge in [-0.15, -0.1) is 0 Å². The van der Waals surface area contributed by atoms with E-state index in [0.717, 1.165) is 35.3 Å². The molecule has 6 aromatic rings. The topological polar surface area (TPSA) is 16.1 Å². The number of pyridine rings is 1. The maximum absolute atomic E-state index is 4.30. The molecule has 0 aliphatic heterocycles. The second-order valence-corrected chi connectivity index (χ2v) is 10.7. The van der Waals surface area contributed by atoms with Gasteiger partial charge in [-0.1, -0.05) is 97.1 Å². The number of nitrogens with zero attached hydrogens (tertiary/aromatic N) is 2. The summed E-state index contributed by atoms with van der Waals surface area (Å²) < 4.78 is 0. The van der Waals surface area contributed by atoms with Crippen LogP contribution in [-0.2, 0) is 0 Å². The number of rotatable bonds is 5. The standard InChI is InChI=1S/C39H28N2/c1-2-11-30(12-3-1)41(31-20-18-27(19-21-31)29-10-8-24-40-26-29)32-13-6-9-28(25-32)33-22-23-38-35-15-5-4-14-34(35)37-17-7-16-36(33)39(37)38/h2,4-26H,1,3H2. The Balaban J connectivity index is 1.24. The van der Waals surface area contributed by atoms with Crippen molar-refractivity contribution in [1.29, 1.82) is 0 Å². The lowest BCUT2D eigenvalue weighted by Crippen LogP contribution is -2.16. The predicted octanol–water partition coefficient (Wildman–Crippen LogP) is 10.6. The maximum Gasteiger partial charge on any atom is 0.0467 e. The first-order valence-electron chi connectivity index (χ1n) is 14.3. The van der Waals surface area contributed by atoms with Gasteiger partial charge in [0.2, 0.25) is 0 Å². The first kappa shape index (κ1) is 23.7. The minimum absolute atomic E-state index is 1.05. The fourth-order valence-corrected chi connectivity index (χ4v) is 6.42. The number of anilines is 2. The highest BCUT2D eigenvalue weighted by Gasteiger charge is 2.22. The van der Waals surface area contributed by atoms with E-state index >= 15 is 0 Å². The van der Waals surface area contributed by atoms with Crippen LogP contribution in [0.4, 0.5) is 11.4 Å². The van der Waals surface area contributed by atoms with Crippen molar-refractivity contribution >= 4 is 22.1 Å². The van der Waals surface area contributed by atoms with Crippen LogP contribution in [0.1, 0.15) is 12.8 Å². The minimum Gasteiger partial charge on any atom is -0.311 e. The molecule has 1 heterocycles. The third kappa shape index (κ3) is 3.99. The van der Waals surface area contributed by atoms with Crippen LogP contribution in [0.2, 0.25) is 0 Å². The summed E-state index contributed by atoms with van der Waals surface area (Å²) >= 11 is 0. The molecule has 0 saturated heterocycles. The Bertz CT molecular complexity index is 1950. The van der Waals surface area contributed by atoms with Gasteiger partial charge in [0.25, 0.3) is 0 Å². The van der Waals surface area contributed by atoms with Crippen molar-refractivity contribution in [2.24, 2.45) is 0 Å². The second-order valence-electron chi connectivity index (χ2n) is 10.7. The number of benzene rings is 5. The Morgan fingerprint density at radius 3 is 2.07 bits per heavy atom. The lowest BCUT2D eigenvalue weighted by molar-refractivity contribution is 0.997. The van der Waals surface area contributed by atoms with Gasteiger partial charge in [-0.25, -0.2) is 0 Å². The van der Waals surface area contributed by atoms with Gasteiger partial charge in [0.15, 0.2) is 0 Å². The van der Waals surface area contributed by atoms with Gasteiger partial charge in [-0.05, 0) is 105 Å². The van der Waals surface area contributed by atoms with Crippen LogP contribution in [0.5, 0.6) is 0 Å². The molecule has 2 aliphatic rings. The molecule has 0 unspecified atom stereocenters. The molecule has 0 saturated carbocycles. The van der Waals surface area contributed by atoms with Crippen molar-refractivity contribution in [3.05, 3.63) is 152 Å². The zero-order valence-corrected chi connectivity index (χ0v) is 22.7. The Kier molecular flexibility index (Phi) is 5.63. The average molecular weight is 525 g/mol. The molecule has 0 radical (unpaired) electrons. The van der Waals surface area contributed by atoms with Crippen LogP contribution in [0.25, 0.3) is 55.3 Å². The predicted molar refractivity (Wildman–Crippen MR) is 172 cm³/mol. The lowest BCUT2D eigenvalue weighted by atomic mass is 9.94. The van der Waals surface area contributed by atoms with Gasteiger partial charge in [0.05, 0.1) is 0 Å². The summed E-state index contributed by atoms with van der Waals surface area (Å²) in [6, 6.07) is 42.0.